The molecule has 2 aromatic carbocycles. The van der Waals surface area contributed by atoms with Gasteiger partial charge in [-0.15, -0.1) is 0 Å². The maximum atomic E-state index is 13.5. The number of para-hydroxylation sites is 1. The van der Waals surface area contributed by atoms with Crippen LogP contribution in [0.25, 0.3) is 17.4 Å². The molecule has 3 nitrogen and oxygen atoms in total. The van der Waals surface area contributed by atoms with Crippen LogP contribution in [0.15, 0.2) is 71.2 Å². The van der Waals surface area contributed by atoms with Gasteiger partial charge in [0, 0.05) is 16.7 Å². The van der Waals surface area contributed by atoms with Crippen molar-refractivity contribution in [2.45, 2.75) is 0 Å². The molecule has 3 rings (SSSR count). The molecule has 120 valence electrons. The molecule has 0 aliphatic rings. The minimum atomic E-state index is -0.484. The van der Waals surface area contributed by atoms with Gasteiger partial charge in [-0.1, -0.05) is 23.7 Å². The average molecular weight is 342 g/mol. The molecule has 1 amide bonds. The van der Waals surface area contributed by atoms with Crippen molar-refractivity contribution in [1.29, 1.82) is 0 Å². The van der Waals surface area contributed by atoms with Gasteiger partial charge in [-0.05, 0) is 54.6 Å². The van der Waals surface area contributed by atoms with Crippen LogP contribution in [0.3, 0.4) is 0 Å². The van der Waals surface area contributed by atoms with Gasteiger partial charge in [-0.3, -0.25) is 4.79 Å². The van der Waals surface area contributed by atoms with Crippen molar-refractivity contribution in [3.05, 3.63) is 83.3 Å². The van der Waals surface area contributed by atoms with Gasteiger partial charge in [0.15, 0.2) is 0 Å². The number of furan rings is 1. The Bertz CT molecular complexity index is 884. The number of halogens is 2. The smallest absolute Gasteiger partial charge is 0.248 e. The first-order chi connectivity index (χ1) is 11.6. The molecule has 1 aromatic heterocycles. The van der Waals surface area contributed by atoms with E-state index < -0.39 is 11.7 Å². The fourth-order valence-electron chi connectivity index (χ4n) is 2.11. The van der Waals surface area contributed by atoms with E-state index in [0.717, 1.165) is 5.56 Å². The lowest BCUT2D eigenvalue weighted by atomic mass is 10.2. The minimum absolute atomic E-state index is 0.133. The molecule has 1 heterocycles. The zero-order valence-corrected chi connectivity index (χ0v) is 13.3. The highest BCUT2D eigenvalue weighted by atomic mass is 35.5. The van der Waals surface area contributed by atoms with E-state index in [1.165, 1.54) is 24.3 Å². The molecule has 0 aliphatic heterocycles. The van der Waals surface area contributed by atoms with Gasteiger partial charge in [0.05, 0.1) is 5.69 Å². The van der Waals surface area contributed by atoms with E-state index in [2.05, 4.69) is 5.32 Å². The second-order valence-electron chi connectivity index (χ2n) is 5.01. The van der Waals surface area contributed by atoms with Crippen LogP contribution >= 0.6 is 11.6 Å². The lowest BCUT2D eigenvalue weighted by Gasteiger charge is -2.02. The first-order valence-electron chi connectivity index (χ1n) is 7.21. The highest BCUT2D eigenvalue weighted by Crippen LogP contribution is 2.24. The van der Waals surface area contributed by atoms with Crippen molar-refractivity contribution >= 4 is 29.3 Å². The van der Waals surface area contributed by atoms with Crippen LogP contribution < -0.4 is 5.32 Å². The number of carbonyl (C=O) groups excluding carboxylic acids is 1. The van der Waals surface area contributed by atoms with Crippen molar-refractivity contribution in [2.75, 3.05) is 5.32 Å². The highest BCUT2D eigenvalue weighted by molar-refractivity contribution is 6.30. The molecule has 1 N–H and O–H groups in total. The lowest BCUT2D eigenvalue weighted by molar-refractivity contribution is -0.111. The van der Waals surface area contributed by atoms with Crippen molar-refractivity contribution in [1.82, 2.24) is 0 Å². The van der Waals surface area contributed by atoms with E-state index in [-0.39, 0.29) is 5.69 Å². The molecule has 0 unspecified atom stereocenters. The largest absolute Gasteiger partial charge is 0.457 e. The van der Waals surface area contributed by atoms with Gasteiger partial charge in [0.2, 0.25) is 5.91 Å². The molecule has 0 aliphatic carbocycles. The number of nitrogens with one attached hydrogen (secondary N) is 1. The van der Waals surface area contributed by atoms with Crippen LogP contribution in [0, 0.1) is 5.82 Å². The van der Waals surface area contributed by atoms with Crippen molar-refractivity contribution in [2.24, 2.45) is 0 Å². The summed E-state index contributed by atoms with van der Waals surface area (Å²) in [6.45, 7) is 0. The van der Waals surface area contributed by atoms with E-state index in [1.807, 2.05) is 12.1 Å². The second kappa shape index (κ2) is 7.15. The van der Waals surface area contributed by atoms with E-state index in [0.29, 0.717) is 16.5 Å². The molecule has 0 radical (unpaired) electrons. The Hall–Kier alpha value is -2.85. The average Bonchev–Trinajstić information content (AvgIpc) is 3.05. The van der Waals surface area contributed by atoms with E-state index >= 15 is 0 Å². The Balaban J connectivity index is 1.68. The predicted octanol–water partition coefficient (Wildman–Crippen LogP) is 5.39. The monoisotopic (exact) mass is 341 g/mol. The first-order valence-corrected chi connectivity index (χ1v) is 7.59. The third-order valence-corrected chi connectivity index (χ3v) is 3.54. The van der Waals surface area contributed by atoms with Crippen LogP contribution in [0.1, 0.15) is 5.76 Å². The molecule has 0 saturated heterocycles. The zero-order chi connectivity index (χ0) is 16.9. The summed E-state index contributed by atoms with van der Waals surface area (Å²) >= 11 is 5.85. The summed E-state index contributed by atoms with van der Waals surface area (Å²) in [4.78, 5) is 11.8. The number of carbonyl (C=O) groups is 1. The van der Waals surface area contributed by atoms with Crippen LogP contribution in [0.2, 0.25) is 5.02 Å². The summed E-state index contributed by atoms with van der Waals surface area (Å²) in [5.41, 5.74) is 1.02. The minimum Gasteiger partial charge on any atom is -0.457 e. The molecule has 0 fully saturated rings. The van der Waals surface area contributed by atoms with E-state index in [1.54, 1.807) is 36.4 Å². The van der Waals surface area contributed by atoms with Gasteiger partial charge in [-0.2, -0.15) is 0 Å². The summed E-state index contributed by atoms with van der Waals surface area (Å²) in [6.07, 6.45) is 2.81. The molecule has 3 aromatic rings. The molecule has 5 heteroatoms. The summed E-state index contributed by atoms with van der Waals surface area (Å²) in [6, 6.07) is 16.8. The Morgan fingerprint density at radius 3 is 2.54 bits per heavy atom. The predicted molar refractivity (Wildman–Crippen MR) is 93.2 cm³/mol. The maximum Gasteiger partial charge on any atom is 0.248 e. The number of amides is 1. The van der Waals surface area contributed by atoms with Gasteiger partial charge >= 0.3 is 0 Å². The molecular weight excluding hydrogens is 329 g/mol. The van der Waals surface area contributed by atoms with Gasteiger partial charge in [0.1, 0.15) is 17.3 Å². The molecule has 0 spiro atoms. The summed E-state index contributed by atoms with van der Waals surface area (Å²) in [7, 11) is 0. The normalized spacial score (nSPS) is 10.9. The van der Waals surface area contributed by atoms with Crippen LogP contribution in [0.5, 0.6) is 0 Å². The van der Waals surface area contributed by atoms with E-state index in [4.69, 9.17) is 16.0 Å². The van der Waals surface area contributed by atoms with Gasteiger partial charge < -0.3 is 9.73 Å². The van der Waals surface area contributed by atoms with Gasteiger partial charge in [0.25, 0.3) is 0 Å². The summed E-state index contributed by atoms with van der Waals surface area (Å²) in [5.74, 6) is 0.260. The number of benzene rings is 2. The lowest BCUT2D eigenvalue weighted by Crippen LogP contribution is -2.08. The van der Waals surface area contributed by atoms with Crippen molar-refractivity contribution in [3.8, 4) is 11.3 Å². The third-order valence-electron chi connectivity index (χ3n) is 3.29. The van der Waals surface area contributed by atoms with Crippen molar-refractivity contribution < 1.29 is 13.6 Å². The Morgan fingerprint density at radius 2 is 1.79 bits per heavy atom. The van der Waals surface area contributed by atoms with Crippen LogP contribution in [-0.2, 0) is 4.79 Å². The van der Waals surface area contributed by atoms with Crippen LogP contribution in [-0.4, -0.2) is 5.91 Å². The van der Waals surface area contributed by atoms with E-state index in [9.17, 15) is 9.18 Å². The zero-order valence-electron chi connectivity index (χ0n) is 12.5. The number of rotatable bonds is 4. The Kier molecular flexibility index (Phi) is 4.77. The highest BCUT2D eigenvalue weighted by Gasteiger charge is 2.05. The number of hydrogen-bond donors (Lipinski definition) is 1. The van der Waals surface area contributed by atoms with Crippen molar-refractivity contribution in [3.63, 3.8) is 0 Å². The number of hydrogen-bond acceptors (Lipinski definition) is 2. The maximum absolute atomic E-state index is 13.5. The quantitative estimate of drug-likeness (QED) is 0.646. The van der Waals surface area contributed by atoms with Crippen LogP contribution in [0.4, 0.5) is 10.1 Å². The number of anilines is 1. The molecular formula is C19H13ClFNO2. The Morgan fingerprint density at radius 1 is 1.04 bits per heavy atom. The summed E-state index contributed by atoms with van der Waals surface area (Å²) in [5, 5.41) is 3.12. The third kappa shape index (κ3) is 3.91. The second-order valence-corrected chi connectivity index (χ2v) is 5.45. The summed E-state index contributed by atoms with van der Waals surface area (Å²) < 4.78 is 19.1. The first kappa shape index (κ1) is 16.0. The fourth-order valence-corrected chi connectivity index (χ4v) is 2.23. The topological polar surface area (TPSA) is 42.2 Å². The molecule has 0 atom stereocenters. The standard InChI is InChI=1S/C19H13ClFNO2/c20-14-7-5-13(6-8-14)18-11-9-15(24-18)10-12-19(23)22-17-4-2-1-3-16(17)21/h1-12H,(H,22,23). The van der Waals surface area contributed by atoms with Gasteiger partial charge in [-0.25, -0.2) is 4.39 Å². The Labute approximate surface area is 143 Å². The molecule has 0 saturated carbocycles. The SMILES string of the molecule is O=C(C=Cc1ccc(-c2ccc(Cl)cc2)o1)Nc1ccccc1F. The fraction of sp³-hybridized carbons (Fsp3) is 0. The molecule has 0 bridgehead atoms. The molecule has 24 heavy (non-hydrogen) atoms.